The lowest BCUT2D eigenvalue weighted by Gasteiger charge is -2.27. The van der Waals surface area contributed by atoms with Crippen LogP contribution in [0.3, 0.4) is 0 Å². The number of amides is 2. The summed E-state index contributed by atoms with van der Waals surface area (Å²) in [6.45, 7) is -0.154. The first-order valence-electron chi connectivity index (χ1n) is 6.92. The number of benzene rings is 2. The van der Waals surface area contributed by atoms with Crippen molar-refractivity contribution in [1.29, 1.82) is 0 Å². The van der Waals surface area contributed by atoms with E-state index in [-0.39, 0.29) is 30.7 Å². The van der Waals surface area contributed by atoms with Crippen LogP contribution >= 0.6 is 0 Å². The topological polar surface area (TPSA) is 57.7 Å². The molecular formula is C17H14N2O3. The van der Waals surface area contributed by atoms with Crippen molar-refractivity contribution in [2.75, 3.05) is 13.1 Å². The Labute approximate surface area is 127 Å². The Hall–Kier alpha value is -2.95. The number of hydrazine groups is 1. The minimum atomic E-state index is -0.351. The minimum absolute atomic E-state index is 0.0771. The highest BCUT2D eigenvalue weighted by Crippen LogP contribution is 2.16. The first-order valence-corrected chi connectivity index (χ1v) is 6.92. The van der Waals surface area contributed by atoms with Crippen LogP contribution < -0.4 is 0 Å². The van der Waals surface area contributed by atoms with Gasteiger partial charge in [0, 0.05) is 11.1 Å². The van der Waals surface area contributed by atoms with E-state index in [9.17, 15) is 14.4 Å². The van der Waals surface area contributed by atoms with Crippen LogP contribution in [-0.4, -0.2) is 40.7 Å². The summed E-state index contributed by atoms with van der Waals surface area (Å²) in [5.74, 6) is -0.861. The summed E-state index contributed by atoms with van der Waals surface area (Å²) in [6.07, 6.45) is 0. The van der Waals surface area contributed by atoms with Gasteiger partial charge in [0.2, 0.25) is 0 Å². The molecule has 3 rings (SSSR count). The van der Waals surface area contributed by atoms with Gasteiger partial charge in [-0.1, -0.05) is 36.4 Å². The third-order valence-corrected chi connectivity index (χ3v) is 3.45. The third kappa shape index (κ3) is 2.61. The average molecular weight is 294 g/mol. The quantitative estimate of drug-likeness (QED) is 0.848. The van der Waals surface area contributed by atoms with Crippen LogP contribution in [0.4, 0.5) is 0 Å². The van der Waals surface area contributed by atoms with E-state index in [0.29, 0.717) is 11.1 Å². The van der Waals surface area contributed by atoms with Crippen LogP contribution in [0, 0.1) is 0 Å². The molecule has 0 aliphatic carbocycles. The molecule has 1 aliphatic heterocycles. The van der Waals surface area contributed by atoms with Crippen molar-refractivity contribution >= 4 is 17.6 Å². The molecule has 0 spiro atoms. The zero-order valence-corrected chi connectivity index (χ0v) is 11.8. The molecule has 5 heteroatoms. The van der Waals surface area contributed by atoms with E-state index in [4.69, 9.17) is 0 Å². The Morgan fingerprint density at radius 1 is 0.682 bits per heavy atom. The van der Waals surface area contributed by atoms with E-state index < -0.39 is 0 Å². The zero-order valence-electron chi connectivity index (χ0n) is 11.8. The largest absolute Gasteiger partial charge is 0.296 e. The van der Waals surface area contributed by atoms with Crippen molar-refractivity contribution in [3.63, 3.8) is 0 Å². The van der Waals surface area contributed by atoms with Crippen molar-refractivity contribution in [2.45, 2.75) is 0 Å². The highest BCUT2D eigenvalue weighted by Gasteiger charge is 2.36. The number of hydrogen-bond donors (Lipinski definition) is 0. The Bertz CT molecular complexity index is 652. The highest BCUT2D eigenvalue weighted by atomic mass is 16.2. The minimum Gasteiger partial charge on any atom is -0.296 e. The van der Waals surface area contributed by atoms with E-state index >= 15 is 0 Å². The number of Topliss-reactive ketones (excluding diaryl/α,β-unsaturated/α-hetero) is 1. The maximum absolute atomic E-state index is 12.5. The van der Waals surface area contributed by atoms with Crippen LogP contribution in [0.2, 0.25) is 0 Å². The fourth-order valence-corrected chi connectivity index (χ4v) is 2.38. The number of ketones is 1. The molecule has 2 aromatic carbocycles. The number of carbonyl (C=O) groups is 3. The van der Waals surface area contributed by atoms with Crippen LogP contribution in [0.1, 0.15) is 20.7 Å². The summed E-state index contributed by atoms with van der Waals surface area (Å²) in [6, 6.07) is 17.2. The second-order valence-corrected chi connectivity index (χ2v) is 5.00. The van der Waals surface area contributed by atoms with Gasteiger partial charge in [0.1, 0.15) is 13.1 Å². The van der Waals surface area contributed by atoms with Gasteiger partial charge in [-0.15, -0.1) is 0 Å². The van der Waals surface area contributed by atoms with Crippen LogP contribution in [0.25, 0.3) is 0 Å². The molecule has 1 heterocycles. The monoisotopic (exact) mass is 294 g/mol. The Morgan fingerprint density at radius 3 is 1.41 bits per heavy atom. The van der Waals surface area contributed by atoms with Crippen molar-refractivity contribution < 1.29 is 14.4 Å². The molecule has 5 nitrogen and oxygen atoms in total. The average Bonchev–Trinajstić information content (AvgIpc) is 2.97. The second kappa shape index (κ2) is 5.81. The molecule has 0 radical (unpaired) electrons. The summed E-state index contributed by atoms with van der Waals surface area (Å²) in [7, 11) is 0. The highest BCUT2D eigenvalue weighted by molar-refractivity contribution is 6.04. The van der Waals surface area contributed by atoms with Gasteiger partial charge in [0.25, 0.3) is 11.8 Å². The summed E-state index contributed by atoms with van der Waals surface area (Å²) >= 11 is 0. The molecule has 0 N–H and O–H groups in total. The molecule has 1 saturated heterocycles. The Morgan fingerprint density at radius 2 is 1.05 bits per heavy atom. The molecular weight excluding hydrogens is 280 g/mol. The van der Waals surface area contributed by atoms with E-state index in [1.165, 1.54) is 10.0 Å². The first kappa shape index (κ1) is 14.0. The molecule has 22 heavy (non-hydrogen) atoms. The molecule has 0 unspecified atom stereocenters. The molecule has 2 aromatic rings. The standard InChI is InChI=1S/C17H14N2O3/c20-15-11-18(16(21)13-7-3-1-4-8-13)19(12-15)17(22)14-9-5-2-6-10-14/h1-10H,11-12H2. The molecule has 0 atom stereocenters. The zero-order chi connectivity index (χ0) is 15.5. The van der Waals surface area contributed by atoms with Gasteiger partial charge < -0.3 is 0 Å². The third-order valence-electron chi connectivity index (χ3n) is 3.45. The molecule has 0 saturated carbocycles. The molecule has 0 aromatic heterocycles. The number of carbonyl (C=O) groups excluding carboxylic acids is 3. The molecule has 110 valence electrons. The van der Waals surface area contributed by atoms with E-state index in [1.807, 2.05) is 0 Å². The normalized spacial score (nSPS) is 14.3. The fraction of sp³-hybridized carbons (Fsp3) is 0.118. The lowest BCUT2D eigenvalue weighted by atomic mass is 10.2. The fourth-order valence-electron chi connectivity index (χ4n) is 2.38. The van der Waals surface area contributed by atoms with Gasteiger partial charge in [0.05, 0.1) is 0 Å². The van der Waals surface area contributed by atoms with Gasteiger partial charge in [-0.3, -0.25) is 14.4 Å². The summed E-state index contributed by atoms with van der Waals surface area (Å²) in [4.78, 5) is 36.8. The van der Waals surface area contributed by atoms with E-state index in [1.54, 1.807) is 60.7 Å². The molecule has 2 amide bonds. The van der Waals surface area contributed by atoms with Crippen molar-refractivity contribution in [1.82, 2.24) is 10.0 Å². The Kier molecular flexibility index (Phi) is 3.70. The lowest BCUT2D eigenvalue weighted by Crippen LogP contribution is -2.44. The number of hydrogen-bond acceptors (Lipinski definition) is 3. The van der Waals surface area contributed by atoms with E-state index in [2.05, 4.69) is 0 Å². The van der Waals surface area contributed by atoms with E-state index in [0.717, 1.165) is 0 Å². The molecule has 1 fully saturated rings. The van der Waals surface area contributed by atoms with Gasteiger partial charge >= 0.3 is 0 Å². The van der Waals surface area contributed by atoms with Crippen LogP contribution in [0.5, 0.6) is 0 Å². The number of rotatable bonds is 2. The van der Waals surface area contributed by atoms with Crippen molar-refractivity contribution in [3.8, 4) is 0 Å². The van der Waals surface area contributed by atoms with Crippen molar-refractivity contribution in [3.05, 3.63) is 71.8 Å². The van der Waals surface area contributed by atoms with Crippen LogP contribution in [-0.2, 0) is 4.79 Å². The second-order valence-electron chi connectivity index (χ2n) is 5.00. The van der Waals surface area contributed by atoms with Gasteiger partial charge in [-0.2, -0.15) is 0 Å². The molecule has 1 aliphatic rings. The van der Waals surface area contributed by atoms with Crippen LogP contribution in [0.15, 0.2) is 60.7 Å². The lowest BCUT2D eigenvalue weighted by molar-refractivity contribution is -0.116. The summed E-state index contributed by atoms with van der Waals surface area (Å²) in [5.41, 5.74) is 0.895. The molecule has 0 bridgehead atoms. The van der Waals surface area contributed by atoms with Crippen molar-refractivity contribution in [2.24, 2.45) is 0 Å². The Balaban J connectivity index is 1.88. The number of nitrogens with zero attached hydrogens (tertiary/aromatic N) is 2. The summed E-state index contributed by atoms with van der Waals surface area (Å²) < 4.78 is 0. The predicted molar refractivity (Wildman–Crippen MR) is 80.0 cm³/mol. The summed E-state index contributed by atoms with van der Waals surface area (Å²) in [5, 5.41) is 2.43. The SMILES string of the molecule is O=C1CN(C(=O)c2ccccc2)N(C(=O)c2ccccc2)C1. The smallest absolute Gasteiger partial charge is 0.272 e. The van der Waals surface area contributed by atoms with Gasteiger partial charge in [-0.25, -0.2) is 10.0 Å². The maximum Gasteiger partial charge on any atom is 0.272 e. The first-order chi connectivity index (χ1) is 10.7. The van der Waals surface area contributed by atoms with Gasteiger partial charge in [-0.05, 0) is 24.3 Å². The van der Waals surface area contributed by atoms with Gasteiger partial charge in [0.15, 0.2) is 5.78 Å². The maximum atomic E-state index is 12.5. The predicted octanol–water partition coefficient (Wildman–Crippen LogP) is 1.77.